The molecule has 0 amide bonds. The summed E-state index contributed by atoms with van der Waals surface area (Å²) < 4.78 is 1.14. The molecule has 0 unspecified atom stereocenters. The maximum absolute atomic E-state index is 11.2. The molecular weight excluding hydrogens is 354 g/mol. The lowest BCUT2D eigenvalue weighted by atomic mass is 10.2. The largest absolute Gasteiger partial charge is 0.298 e. The van der Waals surface area contributed by atoms with Gasteiger partial charge in [-0.25, -0.2) is 4.98 Å². The molecule has 0 spiro atoms. The number of benzene rings is 2. The highest BCUT2D eigenvalue weighted by Crippen LogP contribution is 2.39. The summed E-state index contributed by atoms with van der Waals surface area (Å²) in [6.45, 7) is 0. The average Bonchev–Trinajstić information content (AvgIpc) is 2.96. The lowest BCUT2D eigenvalue weighted by molar-refractivity contribution is -0.387. The van der Waals surface area contributed by atoms with Crippen molar-refractivity contribution in [3.63, 3.8) is 0 Å². The highest BCUT2D eigenvalue weighted by Gasteiger charge is 2.18. The van der Waals surface area contributed by atoms with Gasteiger partial charge < -0.3 is 0 Å². The zero-order chi connectivity index (χ0) is 17.3. The third-order valence-electron chi connectivity index (χ3n) is 3.08. The molecule has 0 fully saturated rings. The van der Waals surface area contributed by atoms with Gasteiger partial charge in [0.15, 0.2) is 4.34 Å². The van der Waals surface area contributed by atoms with Crippen molar-refractivity contribution in [3.05, 3.63) is 62.2 Å². The molecule has 0 saturated heterocycles. The zero-order valence-electron chi connectivity index (χ0n) is 11.7. The Balaban J connectivity index is 1.99. The third kappa shape index (κ3) is 3.09. The van der Waals surface area contributed by atoms with E-state index in [1.54, 1.807) is 0 Å². The second-order valence-corrected chi connectivity index (χ2v) is 6.91. The first-order chi connectivity index (χ1) is 11.5. The molecule has 8 nitrogen and oxygen atoms in total. The number of fused-ring (bicyclic) bond motifs is 1. The molecular formula is C14H7N3O5S2. The number of carbonyl (C=O) groups is 1. The summed E-state index contributed by atoms with van der Waals surface area (Å²) in [6, 6.07) is 8.49. The van der Waals surface area contributed by atoms with Crippen LogP contribution in [0, 0.1) is 20.2 Å². The Hall–Kier alpha value is -2.85. The van der Waals surface area contributed by atoms with Crippen molar-refractivity contribution in [2.75, 3.05) is 0 Å². The molecule has 1 heterocycles. The van der Waals surface area contributed by atoms with Crippen LogP contribution in [-0.2, 0) is 0 Å². The molecule has 0 aliphatic rings. The molecule has 10 heteroatoms. The number of thiazole rings is 1. The molecule has 3 rings (SSSR count). The van der Waals surface area contributed by atoms with Crippen LogP contribution in [0.2, 0.25) is 0 Å². The van der Waals surface area contributed by atoms with Gasteiger partial charge in [0.1, 0.15) is 6.29 Å². The second kappa shape index (κ2) is 6.34. The van der Waals surface area contributed by atoms with Crippen LogP contribution in [0.5, 0.6) is 0 Å². The van der Waals surface area contributed by atoms with Crippen LogP contribution in [0.4, 0.5) is 11.4 Å². The van der Waals surface area contributed by atoms with E-state index >= 15 is 0 Å². The molecule has 24 heavy (non-hydrogen) atoms. The second-order valence-electron chi connectivity index (χ2n) is 4.59. The summed E-state index contributed by atoms with van der Waals surface area (Å²) in [5.41, 5.74) is 0.574. The van der Waals surface area contributed by atoms with Gasteiger partial charge in [0, 0.05) is 23.8 Å². The Morgan fingerprint density at radius 3 is 2.54 bits per heavy atom. The van der Waals surface area contributed by atoms with E-state index in [4.69, 9.17) is 0 Å². The molecule has 0 bridgehead atoms. The topological polar surface area (TPSA) is 116 Å². The SMILES string of the molecule is O=Cc1ccc(Sc2nc3ccc([N+](=O)[O-])cc3s2)c([N+](=O)[O-])c1. The van der Waals surface area contributed by atoms with E-state index in [9.17, 15) is 25.0 Å². The van der Waals surface area contributed by atoms with Crippen molar-refractivity contribution in [1.29, 1.82) is 0 Å². The van der Waals surface area contributed by atoms with Gasteiger partial charge in [-0.15, -0.1) is 11.3 Å². The quantitative estimate of drug-likeness (QED) is 0.382. The number of aldehydes is 1. The van der Waals surface area contributed by atoms with Crippen molar-refractivity contribution in [2.24, 2.45) is 0 Å². The lowest BCUT2D eigenvalue weighted by Crippen LogP contribution is -1.92. The highest BCUT2D eigenvalue weighted by atomic mass is 32.2. The normalized spacial score (nSPS) is 10.7. The van der Waals surface area contributed by atoms with Gasteiger partial charge in [0.25, 0.3) is 11.4 Å². The van der Waals surface area contributed by atoms with Crippen LogP contribution < -0.4 is 0 Å². The number of non-ortho nitro benzene ring substituents is 1. The van der Waals surface area contributed by atoms with E-state index in [0.717, 1.165) is 11.8 Å². The Morgan fingerprint density at radius 2 is 1.88 bits per heavy atom. The Kier molecular flexibility index (Phi) is 4.23. The van der Waals surface area contributed by atoms with E-state index < -0.39 is 9.85 Å². The van der Waals surface area contributed by atoms with Crippen LogP contribution >= 0.6 is 23.1 Å². The van der Waals surface area contributed by atoms with Gasteiger partial charge in [-0.2, -0.15) is 0 Å². The van der Waals surface area contributed by atoms with Gasteiger partial charge in [0.2, 0.25) is 0 Å². The molecule has 0 saturated carbocycles. The number of rotatable bonds is 5. The summed E-state index contributed by atoms with van der Waals surface area (Å²) in [5.74, 6) is 0. The zero-order valence-corrected chi connectivity index (χ0v) is 13.4. The smallest absolute Gasteiger partial charge is 0.284 e. The predicted octanol–water partition coefficient (Wildman–Crippen LogP) is 4.08. The predicted molar refractivity (Wildman–Crippen MR) is 88.9 cm³/mol. The third-order valence-corrected chi connectivity index (χ3v) is 5.22. The minimum absolute atomic E-state index is 0.0379. The molecule has 0 aliphatic heterocycles. The van der Waals surface area contributed by atoms with Crippen molar-refractivity contribution in [1.82, 2.24) is 4.98 Å². The molecule has 0 atom stereocenters. The Labute approximate surface area is 142 Å². The van der Waals surface area contributed by atoms with Crippen molar-refractivity contribution in [2.45, 2.75) is 9.24 Å². The number of nitrogens with zero attached hydrogens (tertiary/aromatic N) is 3. The first-order valence-corrected chi connectivity index (χ1v) is 8.07. The highest BCUT2D eigenvalue weighted by molar-refractivity contribution is 8.01. The maximum Gasteiger partial charge on any atom is 0.284 e. The number of hydrogen-bond acceptors (Lipinski definition) is 8. The molecule has 0 aliphatic carbocycles. The fourth-order valence-corrected chi connectivity index (χ4v) is 4.12. The summed E-state index contributed by atoms with van der Waals surface area (Å²) in [7, 11) is 0. The van der Waals surface area contributed by atoms with Crippen molar-refractivity contribution >= 4 is 51.0 Å². The van der Waals surface area contributed by atoms with Crippen LogP contribution in [0.3, 0.4) is 0 Å². The minimum atomic E-state index is -0.562. The van der Waals surface area contributed by atoms with Crippen LogP contribution in [-0.4, -0.2) is 21.1 Å². The van der Waals surface area contributed by atoms with E-state index in [0.29, 0.717) is 25.7 Å². The van der Waals surface area contributed by atoms with Gasteiger partial charge >= 0.3 is 0 Å². The summed E-state index contributed by atoms with van der Waals surface area (Å²) >= 11 is 2.29. The van der Waals surface area contributed by atoms with Crippen molar-refractivity contribution in [3.8, 4) is 0 Å². The molecule has 3 aromatic rings. The minimum Gasteiger partial charge on any atom is -0.298 e. The molecule has 1 aromatic heterocycles. The molecule has 2 aromatic carbocycles. The summed E-state index contributed by atoms with van der Waals surface area (Å²) in [6.07, 6.45) is 0.540. The van der Waals surface area contributed by atoms with Gasteiger partial charge in [-0.1, -0.05) is 17.8 Å². The fraction of sp³-hybridized carbons (Fsp3) is 0. The van der Waals surface area contributed by atoms with E-state index in [1.807, 2.05) is 0 Å². The first kappa shape index (κ1) is 16.0. The summed E-state index contributed by atoms with van der Waals surface area (Å²) in [5, 5.41) is 22.0. The van der Waals surface area contributed by atoms with E-state index in [1.165, 1.54) is 47.7 Å². The van der Waals surface area contributed by atoms with Crippen LogP contribution in [0.15, 0.2) is 45.6 Å². The maximum atomic E-state index is 11.2. The molecule has 120 valence electrons. The molecule has 0 radical (unpaired) electrons. The van der Waals surface area contributed by atoms with Gasteiger partial charge in [0.05, 0.1) is 25.0 Å². The number of carbonyl (C=O) groups excluding carboxylic acids is 1. The lowest BCUT2D eigenvalue weighted by Gasteiger charge is -2.00. The van der Waals surface area contributed by atoms with Gasteiger partial charge in [-0.3, -0.25) is 25.0 Å². The number of hydrogen-bond donors (Lipinski definition) is 0. The number of nitro groups is 2. The van der Waals surface area contributed by atoms with Gasteiger partial charge in [-0.05, 0) is 12.1 Å². The monoisotopic (exact) mass is 361 g/mol. The summed E-state index contributed by atoms with van der Waals surface area (Å²) in [4.78, 5) is 36.3. The van der Waals surface area contributed by atoms with Crippen LogP contribution in [0.25, 0.3) is 10.2 Å². The van der Waals surface area contributed by atoms with Crippen molar-refractivity contribution < 1.29 is 14.6 Å². The number of aromatic nitrogens is 1. The van der Waals surface area contributed by atoms with E-state index in [2.05, 4.69) is 4.98 Å². The van der Waals surface area contributed by atoms with E-state index in [-0.39, 0.29) is 16.9 Å². The van der Waals surface area contributed by atoms with Crippen LogP contribution in [0.1, 0.15) is 10.4 Å². The standard InChI is InChI=1S/C14H7N3O5S2/c18-7-8-1-4-12(11(5-8)17(21)22)23-14-15-10-3-2-9(16(19)20)6-13(10)24-14/h1-7H. The fourth-order valence-electron chi connectivity index (χ4n) is 1.98. The molecule has 0 N–H and O–H groups in total. The Morgan fingerprint density at radius 1 is 1.08 bits per heavy atom. The Bertz CT molecular complexity index is 986. The first-order valence-electron chi connectivity index (χ1n) is 6.44. The number of nitro benzene ring substituents is 2. The average molecular weight is 361 g/mol.